The molecule has 0 atom stereocenters. The summed E-state index contributed by atoms with van der Waals surface area (Å²) in [4.78, 5) is 39.6. The number of carboxylic acid groups (broad SMARTS) is 1. The van der Waals surface area contributed by atoms with Crippen molar-refractivity contribution in [1.82, 2.24) is 0 Å². The van der Waals surface area contributed by atoms with Gasteiger partial charge < -0.3 is 5.11 Å². The lowest BCUT2D eigenvalue weighted by Gasteiger charge is -2.16. The van der Waals surface area contributed by atoms with Crippen LogP contribution in [0.5, 0.6) is 0 Å². The molecule has 7 nitrogen and oxygen atoms in total. The van der Waals surface area contributed by atoms with Crippen LogP contribution in [0.2, 0.25) is 0 Å². The molecule has 0 spiro atoms. The van der Waals surface area contributed by atoms with Gasteiger partial charge >= 0.3 is 5.97 Å². The monoisotopic (exact) mass is 377 g/mol. The highest BCUT2D eigenvalue weighted by Gasteiger charge is 2.26. The summed E-state index contributed by atoms with van der Waals surface area (Å²) < 4.78 is 0. The fourth-order valence-electron chi connectivity index (χ4n) is 2.15. The number of hydrogen-bond donors (Lipinski definition) is 4. The number of carbonyl (C=O) groups excluding carboxylic acids is 2. The van der Waals surface area contributed by atoms with Gasteiger partial charge in [-0.15, -0.1) is 25.3 Å². The average Bonchev–Trinajstić information content (AvgIpc) is 2.56. The second-order valence-corrected chi connectivity index (χ2v) is 6.18. The van der Waals surface area contributed by atoms with Gasteiger partial charge in [-0.3, -0.25) is 19.8 Å². The summed E-state index contributed by atoms with van der Waals surface area (Å²) >= 11 is 8.54. The van der Waals surface area contributed by atoms with Gasteiger partial charge in [0.15, 0.2) is 12.1 Å². The van der Waals surface area contributed by atoms with Gasteiger partial charge in [0, 0.05) is 21.8 Å². The van der Waals surface area contributed by atoms with E-state index in [0.29, 0.717) is 21.8 Å². The fraction of sp³-hybridized carbons (Fsp3) is 0.188. The Hall–Kier alpha value is -2.39. The van der Waals surface area contributed by atoms with Crippen molar-refractivity contribution in [2.45, 2.75) is 29.6 Å². The Kier molecular flexibility index (Phi) is 6.16. The summed E-state index contributed by atoms with van der Waals surface area (Å²) in [5.41, 5.74) is 3.50. The van der Waals surface area contributed by atoms with E-state index in [0.717, 1.165) is 0 Å². The molecule has 25 heavy (non-hydrogen) atoms. The Morgan fingerprint density at radius 3 is 2.76 bits per heavy atom. The van der Waals surface area contributed by atoms with Crippen LogP contribution >= 0.6 is 25.3 Å². The number of aliphatic imine (C=N–C) groups is 1. The first-order valence-electron chi connectivity index (χ1n) is 7.19. The number of nitrogens with zero attached hydrogens (tertiary/aromatic N) is 2. The summed E-state index contributed by atoms with van der Waals surface area (Å²) in [6.07, 6.45) is 0.121. The molecule has 0 radical (unpaired) electrons. The van der Waals surface area contributed by atoms with Crippen molar-refractivity contribution in [2.24, 2.45) is 10.1 Å². The van der Waals surface area contributed by atoms with E-state index in [9.17, 15) is 14.4 Å². The van der Waals surface area contributed by atoms with Crippen LogP contribution in [0.15, 0.2) is 49.2 Å². The summed E-state index contributed by atoms with van der Waals surface area (Å²) in [6.45, 7) is 1.47. The summed E-state index contributed by atoms with van der Waals surface area (Å²) in [5, 5.41) is 13.0. The molecule has 0 saturated heterocycles. The van der Waals surface area contributed by atoms with E-state index in [1.807, 2.05) is 0 Å². The van der Waals surface area contributed by atoms with Crippen LogP contribution < -0.4 is 5.43 Å². The molecule has 1 aromatic carbocycles. The van der Waals surface area contributed by atoms with E-state index in [2.05, 4.69) is 40.8 Å². The summed E-state index contributed by atoms with van der Waals surface area (Å²) in [7, 11) is 0. The molecule has 9 heteroatoms. The second-order valence-electron chi connectivity index (χ2n) is 5.18. The third kappa shape index (κ3) is 4.58. The number of thiol groups is 2. The topological polar surface area (TPSA) is 108 Å². The highest BCUT2D eigenvalue weighted by Crippen LogP contribution is 2.24. The van der Waals surface area contributed by atoms with Crippen molar-refractivity contribution >= 4 is 60.5 Å². The van der Waals surface area contributed by atoms with Gasteiger partial charge in [0.05, 0.1) is 17.0 Å². The lowest BCUT2D eigenvalue weighted by molar-refractivity contribution is -0.137. The maximum absolute atomic E-state index is 12.1. The number of carboxylic acids is 1. The van der Waals surface area contributed by atoms with Crippen LogP contribution in [-0.4, -0.2) is 34.7 Å². The van der Waals surface area contributed by atoms with Gasteiger partial charge in [-0.1, -0.05) is 0 Å². The third-order valence-electron chi connectivity index (χ3n) is 3.41. The Morgan fingerprint density at radius 1 is 1.40 bits per heavy atom. The smallest absolute Gasteiger partial charge is 0.303 e. The van der Waals surface area contributed by atoms with Gasteiger partial charge in [0.2, 0.25) is 5.78 Å². The Morgan fingerprint density at radius 2 is 2.12 bits per heavy atom. The molecule has 2 rings (SSSR count). The minimum absolute atomic E-state index is 0.0349. The van der Waals surface area contributed by atoms with E-state index in [1.165, 1.54) is 6.92 Å². The Bertz CT molecular complexity index is 844. The van der Waals surface area contributed by atoms with Gasteiger partial charge in [-0.2, -0.15) is 5.10 Å². The maximum Gasteiger partial charge on any atom is 0.303 e. The van der Waals surface area contributed by atoms with Gasteiger partial charge in [0.25, 0.3) is 0 Å². The van der Waals surface area contributed by atoms with E-state index >= 15 is 0 Å². The number of Topliss-reactive ketones (excluding diaryl/α,β-unsaturated/α-hetero) is 1. The quantitative estimate of drug-likeness (QED) is 0.263. The van der Waals surface area contributed by atoms with Crippen molar-refractivity contribution in [3.63, 3.8) is 0 Å². The average molecular weight is 377 g/mol. The molecule has 1 heterocycles. The number of aldehydes is 1. The zero-order chi connectivity index (χ0) is 18.6. The molecule has 0 unspecified atom stereocenters. The number of dihydropyridines is 1. The molecule has 0 saturated carbocycles. The number of allylic oxidation sites excluding steroid dienone is 1. The highest BCUT2D eigenvalue weighted by molar-refractivity contribution is 7.80. The molecule has 0 aliphatic carbocycles. The minimum atomic E-state index is -1.05. The number of ketones is 1. The number of hydrazone groups is 1. The summed E-state index contributed by atoms with van der Waals surface area (Å²) in [5.74, 6) is -1.48. The van der Waals surface area contributed by atoms with Crippen LogP contribution in [-0.2, 0) is 14.4 Å². The molecule has 0 amide bonds. The van der Waals surface area contributed by atoms with E-state index < -0.39 is 11.8 Å². The molecule has 2 N–H and O–H groups in total. The van der Waals surface area contributed by atoms with Crippen LogP contribution in [0, 0.1) is 0 Å². The Labute approximate surface area is 154 Å². The molecule has 130 valence electrons. The number of benzene rings is 1. The molecular weight excluding hydrogens is 362 g/mol. The first-order chi connectivity index (χ1) is 11.8. The van der Waals surface area contributed by atoms with Crippen LogP contribution in [0.1, 0.15) is 19.8 Å². The molecule has 0 fully saturated rings. The van der Waals surface area contributed by atoms with Crippen molar-refractivity contribution in [3.05, 3.63) is 29.3 Å². The first-order valence-corrected chi connectivity index (χ1v) is 8.09. The molecule has 1 aliphatic heterocycles. The van der Waals surface area contributed by atoms with E-state index in [1.54, 1.807) is 18.2 Å². The van der Waals surface area contributed by atoms with Gasteiger partial charge in [0.1, 0.15) is 0 Å². The first kappa shape index (κ1) is 18.9. The van der Waals surface area contributed by atoms with Crippen LogP contribution in [0.25, 0.3) is 0 Å². The molecule has 1 aliphatic rings. The fourth-order valence-corrected chi connectivity index (χ4v) is 2.54. The lowest BCUT2D eigenvalue weighted by atomic mass is 9.95. The van der Waals surface area contributed by atoms with Crippen molar-refractivity contribution in [3.8, 4) is 0 Å². The number of amidine groups is 1. The number of aliphatic carboxylic acids is 1. The van der Waals surface area contributed by atoms with Gasteiger partial charge in [-0.05, 0) is 31.5 Å². The predicted molar refractivity (Wildman–Crippen MR) is 100 cm³/mol. The normalized spacial score (nSPS) is 16.0. The minimum Gasteiger partial charge on any atom is -0.481 e. The van der Waals surface area contributed by atoms with Crippen LogP contribution in [0.3, 0.4) is 0 Å². The molecule has 0 aromatic heterocycles. The van der Waals surface area contributed by atoms with E-state index in [4.69, 9.17) is 5.11 Å². The highest BCUT2D eigenvalue weighted by atomic mass is 32.1. The molecule has 0 bridgehead atoms. The van der Waals surface area contributed by atoms with Crippen molar-refractivity contribution in [1.29, 1.82) is 0 Å². The number of rotatable bonds is 6. The Balaban J connectivity index is 2.41. The number of nitrogens with one attached hydrogen (secondary N) is 1. The maximum atomic E-state index is 12.1. The number of hydrogen-bond acceptors (Lipinski definition) is 7. The zero-order valence-electron chi connectivity index (χ0n) is 13.2. The zero-order valence-corrected chi connectivity index (χ0v) is 15.0. The van der Waals surface area contributed by atoms with Crippen molar-refractivity contribution < 1.29 is 19.5 Å². The molecule has 1 aromatic rings. The second kappa shape index (κ2) is 8.13. The summed E-state index contributed by atoms with van der Waals surface area (Å²) in [6, 6.07) is 5.18. The molecular formula is C16H15N3O4S2. The largest absolute Gasteiger partial charge is 0.481 e. The van der Waals surface area contributed by atoms with E-state index in [-0.39, 0.29) is 35.5 Å². The number of anilines is 1. The lowest BCUT2D eigenvalue weighted by Crippen LogP contribution is -2.26. The van der Waals surface area contributed by atoms with Crippen LogP contribution in [0.4, 0.5) is 5.69 Å². The number of carbonyl (C=O) groups is 3. The predicted octanol–water partition coefficient (Wildman–Crippen LogP) is 2.39. The standard InChI is InChI=1S/C16H15N3O4S2/c1-8-15(23)11(7-20)10(3-5-14(21)22)16(17-8)19-18-12-6-9(24)2-4-13(12)25/h2,4,6-7,18,24-25H,3,5H2,1H3,(H,21,22)/b19-16-. The van der Waals surface area contributed by atoms with Gasteiger partial charge in [-0.25, -0.2) is 4.99 Å². The third-order valence-corrected chi connectivity index (χ3v) is 4.08. The SMILES string of the molecule is CC1=N/C(=N\Nc2cc(S)ccc2S)C(CCC(=O)O)=C(C=O)C1=O. The van der Waals surface area contributed by atoms with Crippen molar-refractivity contribution in [2.75, 3.05) is 5.43 Å².